The summed E-state index contributed by atoms with van der Waals surface area (Å²) in [6.07, 6.45) is 3.92. The number of aliphatic hydroxyl groups excluding tert-OH is 1. The number of nitrogens with zero attached hydrogens (tertiary/aromatic N) is 3. The first-order chi connectivity index (χ1) is 17.0. The van der Waals surface area contributed by atoms with Crippen LogP contribution in [0.3, 0.4) is 0 Å². The van der Waals surface area contributed by atoms with E-state index in [0.29, 0.717) is 33.7 Å². The molecule has 2 aromatic heterocycles. The van der Waals surface area contributed by atoms with Gasteiger partial charge in [-0.15, -0.1) is 0 Å². The number of amides is 1. The molecule has 1 aliphatic rings. The van der Waals surface area contributed by atoms with Crippen molar-refractivity contribution in [1.82, 2.24) is 9.97 Å². The molecule has 1 amide bonds. The third kappa shape index (κ3) is 4.15. The number of benzene rings is 2. The molecule has 1 saturated heterocycles. The summed E-state index contributed by atoms with van der Waals surface area (Å²) in [4.78, 5) is 36.4. The molecule has 4 aromatic rings. The number of ether oxygens (including phenoxy) is 1. The maximum Gasteiger partial charge on any atom is 0.301 e. The fourth-order valence-electron chi connectivity index (χ4n) is 3.98. The molecule has 0 bridgehead atoms. The average Bonchev–Trinajstić information content (AvgIpc) is 3.40. The zero-order valence-electron chi connectivity index (χ0n) is 18.6. The lowest BCUT2D eigenvalue weighted by Gasteiger charge is -2.22. The van der Waals surface area contributed by atoms with Gasteiger partial charge in [0.25, 0.3) is 5.78 Å². The Labute approximate surface area is 204 Å². The highest BCUT2D eigenvalue weighted by molar-refractivity contribution is 7.22. The highest BCUT2D eigenvalue weighted by Gasteiger charge is 2.48. The molecule has 0 aliphatic carbocycles. The summed E-state index contributed by atoms with van der Waals surface area (Å²) in [5, 5.41) is 11.5. The molecule has 1 atom stereocenters. The number of hydrogen-bond acceptors (Lipinski definition) is 7. The number of ketones is 1. The van der Waals surface area contributed by atoms with Crippen LogP contribution in [0.1, 0.15) is 30.5 Å². The first kappa shape index (κ1) is 22.7. The molecular weight excluding hydrogens is 469 g/mol. The maximum atomic E-state index is 13.8. The Balaban J connectivity index is 1.67. The Morgan fingerprint density at radius 2 is 2.03 bits per heavy atom. The van der Waals surface area contributed by atoms with Crippen molar-refractivity contribution in [1.29, 1.82) is 0 Å². The van der Waals surface area contributed by atoms with E-state index in [2.05, 4.69) is 9.97 Å². The molecule has 0 saturated carbocycles. The number of aliphatic hydroxyl groups is 1. The number of halogens is 1. The van der Waals surface area contributed by atoms with Crippen LogP contribution in [0.5, 0.6) is 5.75 Å². The van der Waals surface area contributed by atoms with Crippen molar-refractivity contribution in [3.05, 3.63) is 89.5 Å². The Morgan fingerprint density at radius 1 is 1.17 bits per heavy atom. The standard InChI is InChI=1S/C26H20FN3O4S/c1-2-11-34-18-7-3-5-15(12-18)23(31)21-22(16-6-4-10-28-14-16)30(25(33)24(21)32)26-29-19-9-8-17(27)13-20(19)35-26/h3-10,12-14,22,31H,2,11H2,1H3. The molecule has 1 fully saturated rings. The summed E-state index contributed by atoms with van der Waals surface area (Å²) >= 11 is 1.09. The van der Waals surface area contributed by atoms with Gasteiger partial charge in [0.15, 0.2) is 5.13 Å². The van der Waals surface area contributed by atoms with Crippen molar-refractivity contribution in [2.75, 3.05) is 11.5 Å². The van der Waals surface area contributed by atoms with Crippen LogP contribution < -0.4 is 9.64 Å². The van der Waals surface area contributed by atoms with Crippen molar-refractivity contribution in [2.45, 2.75) is 19.4 Å². The van der Waals surface area contributed by atoms with Gasteiger partial charge < -0.3 is 9.84 Å². The summed E-state index contributed by atoms with van der Waals surface area (Å²) in [5.41, 5.74) is 1.29. The van der Waals surface area contributed by atoms with Gasteiger partial charge in [-0.1, -0.05) is 36.5 Å². The van der Waals surface area contributed by atoms with E-state index in [-0.39, 0.29) is 16.5 Å². The minimum Gasteiger partial charge on any atom is -0.507 e. The summed E-state index contributed by atoms with van der Waals surface area (Å²) in [6, 6.07) is 13.3. The SMILES string of the molecule is CCCOc1cccc(C(O)=C2C(=O)C(=O)N(c3nc4ccc(F)cc4s3)C2c2cccnc2)c1. The third-order valence-electron chi connectivity index (χ3n) is 5.57. The topological polar surface area (TPSA) is 92.6 Å². The van der Waals surface area contributed by atoms with E-state index < -0.39 is 23.5 Å². The number of pyridine rings is 1. The van der Waals surface area contributed by atoms with Crippen molar-refractivity contribution in [2.24, 2.45) is 0 Å². The quantitative estimate of drug-likeness (QED) is 0.226. The number of thiazole rings is 1. The fourth-order valence-corrected chi connectivity index (χ4v) is 5.00. The van der Waals surface area contributed by atoms with Crippen molar-refractivity contribution >= 4 is 44.1 Å². The minimum atomic E-state index is -0.964. The van der Waals surface area contributed by atoms with E-state index in [4.69, 9.17) is 4.74 Å². The van der Waals surface area contributed by atoms with Crippen molar-refractivity contribution in [3.63, 3.8) is 0 Å². The second kappa shape index (κ2) is 9.27. The van der Waals surface area contributed by atoms with E-state index in [1.54, 1.807) is 42.6 Å². The smallest absolute Gasteiger partial charge is 0.301 e. The second-order valence-corrected chi connectivity index (χ2v) is 8.95. The normalized spacial score (nSPS) is 17.3. The Bertz CT molecular complexity index is 1470. The molecular formula is C26H20FN3O4S. The van der Waals surface area contributed by atoms with Gasteiger partial charge in [-0.05, 0) is 48.4 Å². The first-order valence-corrected chi connectivity index (χ1v) is 11.8. The molecule has 2 aromatic carbocycles. The zero-order chi connectivity index (χ0) is 24.5. The minimum absolute atomic E-state index is 0.0823. The van der Waals surface area contributed by atoms with Crippen LogP contribution in [0.15, 0.2) is 72.6 Å². The number of rotatable bonds is 6. The third-order valence-corrected chi connectivity index (χ3v) is 6.59. The molecule has 1 aliphatic heterocycles. The molecule has 1 unspecified atom stereocenters. The Hall–Kier alpha value is -4.11. The molecule has 176 valence electrons. The van der Waals surface area contributed by atoms with E-state index in [1.807, 2.05) is 6.92 Å². The first-order valence-electron chi connectivity index (χ1n) is 11.0. The van der Waals surface area contributed by atoms with Crippen LogP contribution in [0.4, 0.5) is 9.52 Å². The fraction of sp³-hybridized carbons (Fsp3) is 0.154. The van der Waals surface area contributed by atoms with Gasteiger partial charge in [0.2, 0.25) is 0 Å². The summed E-state index contributed by atoms with van der Waals surface area (Å²) in [6.45, 7) is 2.48. The molecule has 1 N–H and O–H groups in total. The van der Waals surface area contributed by atoms with Crippen LogP contribution in [0, 0.1) is 5.82 Å². The highest BCUT2D eigenvalue weighted by atomic mass is 32.1. The van der Waals surface area contributed by atoms with E-state index in [0.717, 1.165) is 17.8 Å². The lowest BCUT2D eigenvalue weighted by atomic mass is 9.96. The Kier molecular flexibility index (Phi) is 6.00. The predicted octanol–water partition coefficient (Wildman–Crippen LogP) is 5.25. The van der Waals surface area contributed by atoms with Gasteiger partial charge in [-0.3, -0.25) is 19.5 Å². The lowest BCUT2D eigenvalue weighted by Crippen LogP contribution is -2.29. The largest absolute Gasteiger partial charge is 0.507 e. The van der Waals surface area contributed by atoms with Crippen molar-refractivity contribution < 1.29 is 23.8 Å². The molecule has 0 radical (unpaired) electrons. The van der Waals surface area contributed by atoms with E-state index >= 15 is 0 Å². The number of hydrogen-bond donors (Lipinski definition) is 1. The van der Waals surface area contributed by atoms with Gasteiger partial charge in [0.05, 0.1) is 28.4 Å². The van der Waals surface area contributed by atoms with Crippen LogP contribution in [0.25, 0.3) is 16.0 Å². The van der Waals surface area contributed by atoms with Gasteiger partial charge in [-0.2, -0.15) is 0 Å². The maximum absolute atomic E-state index is 13.8. The molecule has 35 heavy (non-hydrogen) atoms. The number of Topliss-reactive ketones (excluding diaryl/α,β-unsaturated/α-hetero) is 1. The second-order valence-electron chi connectivity index (χ2n) is 7.94. The number of carbonyl (C=O) groups is 2. The highest BCUT2D eigenvalue weighted by Crippen LogP contribution is 2.44. The van der Waals surface area contributed by atoms with E-state index in [9.17, 15) is 19.1 Å². The molecule has 0 spiro atoms. The van der Waals surface area contributed by atoms with Gasteiger partial charge >= 0.3 is 5.91 Å². The summed E-state index contributed by atoms with van der Waals surface area (Å²) < 4.78 is 19.9. The molecule has 7 nitrogen and oxygen atoms in total. The van der Waals surface area contributed by atoms with Crippen LogP contribution >= 0.6 is 11.3 Å². The number of aromatic nitrogens is 2. The Morgan fingerprint density at radius 3 is 2.80 bits per heavy atom. The van der Waals surface area contributed by atoms with E-state index in [1.165, 1.54) is 29.3 Å². The zero-order valence-corrected chi connectivity index (χ0v) is 19.5. The number of carbonyl (C=O) groups excluding carboxylic acids is 2. The molecule has 3 heterocycles. The van der Waals surface area contributed by atoms with Crippen LogP contribution in [-0.4, -0.2) is 33.4 Å². The van der Waals surface area contributed by atoms with Crippen molar-refractivity contribution in [3.8, 4) is 5.75 Å². The molecule has 9 heteroatoms. The van der Waals surface area contributed by atoms with Gasteiger partial charge in [-0.25, -0.2) is 9.37 Å². The summed E-state index contributed by atoms with van der Waals surface area (Å²) in [7, 11) is 0. The van der Waals surface area contributed by atoms with Crippen LogP contribution in [-0.2, 0) is 9.59 Å². The monoisotopic (exact) mass is 489 g/mol. The lowest BCUT2D eigenvalue weighted by molar-refractivity contribution is -0.132. The van der Waals surface area contributed by atoms with Crippen LogP contribution in [0.2, 0.25) is 0 Å². The predicted molar refractivity (Wildman–Crippen MR) is 131 cm³/mol. The molecule has 5 rings (SSSR count). The van der Waals surface area contributed by atoms with Gasteiger partial charge in [0.1, 0.15) is 17.3 Å². The summed E-state index contributed by atoms with van der Waals surface area (Å²) in [5.74, 6) is -1.89. The number of anilines is 1. The number of fused-ring (bicyclic) bond motifs is 1. The van der Waals surface area contributed by atoms with Gasteiger partial charge in [0, 0.05) is 18.0 Å². The average molecular weight is 490 g/mol.